The van der Waals surface area contributed by atoms with E-state index in [9.17, 15) is 4.79 Å². The lowest BCUT2D eigenvalue weighted by molar-refractivity contribution is 0.250. The van der Waals surface area contributed by atoms with E-state index in [0.717, 1.165) is 35.7 Å². The number of nitrogens with one attached hydrogen (secondary N) is 2. The Hall–Kier alpha value is -2.90. The van der Waals surface area contributed by atoms with Crippen molar-refractivity contribution in [1.29, 1.82) is 0 Å². The molecule has 0 spiro atoms. The van der Waals surface area contributed by atoms with Crippen LogP contribution in [0.15, 0.2) is 77.0 Å². The van der Waals surface area contributed by atoms with Gasteiger partial charge in [0, 0.05) is 36.1 Å². The number of aromatic nitrogens is 2. The monoisotopic (exact) mass is 421 g/mol. The zero-order valence-corrected chi connectivity index (χ0v) is 18.2. The second-order valence-corrected chi connectivity index (χ2v) is 8.11. The SMILES string of the molecule is Cc1cc(Sc2ncccn2)ccc1NC(=O)NCCCN(C)Cc1ccccc1. The number of hydrogen-bond donors (Lipinski definition) is 2. The van der Waals surface area contributed by atoms with Crippen molar-refractivity contribution in [3.05, 3.63) is 78.1 Å². The van der Waals surface area contributed by atoms with E-state index < -0.39 is 0 Å². The molecule has 0 saturated carbocycles. The third kappa shape index (κ3) is 7.17. The van der Waals surface area contributed by atoms with E-state index in [1.165, 1.54) is 17.3 Å². The van der Waals surface area contributed by atoms with E-state index in [4.69, 9.17) is 0 Å². The minimum Gasteiger partial charge on any atom is -0.338 e. The highest BCUT2D eigenvalue weighted by atomic mass is 32.2. The molecular formula is C23H27N5OS. The van der Waals surface area contributed by atoms with Crippen LogP contribution in [0.2, 0.25) is 0 Å². The van der Waals surface area contributed by atoms with E-state index >= 15 is 0 Å². The van der Waals surface area contributed by atoms with Crippen LogP contribution in [-0.4, -0.2) is 41.0 Å². The average molecular weight is 422 g/mol. The minimum atomic E-state index is -0.185. The van der Waals surface area contributed by atoms with Gasteiger partial charge in [-0.05, 0) is 74.1 Å². The van der Waals surface area contributed by atoms with Gasteiger partial charge in [-0.25, -0.2) is 14.8 Å². The highest BCUT2D eigenvalue weighted by molar-refractivity contribution is 7.99. The molecule has 0 saturated heterocycles. The fourth-order valence-corrected chi connectivity index (χ4v) is 3.78. The lowest BCUT2D eigenvalue weighted by Crippen LogP contribution is -2.31. The Morgan fingerprint density at radius 3 is 2.57 bits per heavy atom. The Labute approximate surface area is 182 Å². The quantitative estimate of drug-likeness (QED) is 0.391. The predicted octanol–water partition coefficient (Wildman–Crippen LogP) is 4.58. The van der Waals surface area contributed by atoms with Gasteiger partial charge < -0.3 is 15.5 Å². The normalized spacial score (nSPS) is 10.8. The number of benzene rings is 2. The number of carbonyl (C=O) groups excluding carboxylic acids is 1. The van der Waals surface area contributed by atoms with Crippen molar-refractivity contribution in [2.24, 2.45) is 0 Å². The lowest BCUT2D eigenvalue weighted by atomic mass is 10.2. The van der Waals surface area contributed by atoms with E-state index in [1.807, 2.05) is 31.2 Å². The van der Waals surface area contributed by atoms with E-state index in [-0.39, 0.29) is 6.03 Å². The summed E-state index contributed by atoms with van der Waals surface area (Å²) in [5.41, 5.74) is 3.09. The molecule has 0 aliphatic heterocycles. The number of carbonyl (C=O) groups is 1. The van der Waals surface area contributed by atoms with E-state index in [2.05, 4.69) is 56.8 Å². The lowest BCUT2D eigenvalue weighted by Gasteiger charge is -2.17. The molecule has 0 aliphatic rings. The maximum Gasteiger partial charge on any atom is 0.319 e. The summed E-state index contributed by atoms with van der Waals surface area (Å²) >= 11 is 1.49. The van der Waals surface area contributed by atoms with Gasteiger partial charge in [-0.2, -0.15) is 0 Å². The summed E-state index contributed by atoms with van der Waals surface area (Å²) < 4.78 is 0. The van der Waals surface area contributed by atoms with Crippen LogP contribution in [0.1, 0.15) is 17.5 Å². The standard InChI is InChI=1S/C23H27N5OS/c1-18-16-20(30-23-25-12-6-13-26-23)10-11-21(18)27-22(29)24-14-7-15-28(2)17-19-8-4-3-5-9-19/h3-6,8-13,16H,7,14-15,17H2,1-2H3,(H2,24,27,29). The van der Waals surface area contributed by atoms with Crippen LogP contribution < -0.4 is 10.6 Å². The molecule has 156 valence electrons. The molecule has 0 atom stereocenters. The molecule has 0 fully saturated rings. The molecule has 2 amide bonds. The first kappa shape index (κ1) is 21.8. The number of rotatable bonds is 9. The summed E-state index contributed by atoms with van der Waals surface area (Å²) in [6, 6.07) is 17.9. The summed E-state index contributed by atoms with van der Waals surface area (Å²) in [5.74, 6) is 0. The van der Waals surface area contributed by atoms with Crippen molar-refractivity contribution in [2.45, 2.75) is 29.9 Å². The van der Waals surface area contributed by atoms with Crippen molar-refractivity contribution < 1.29 is 4.79 Å². The second kappa shape index (κ2) is 11.3. The average Bonchev–Trinajstić information content (AvgIpc) is 2.75. The molecule has 0 bridgehead atoms. The summed E-state index contributed by atoms with van der Waals surface area (Å²) in [4.78, 5) is 23.9. The van der Waals surface area contributed by atoms with Crippen LogP contribution >= 0.6 is 11.8 Å². The van der Waals surface area contributed by atoms with Gasteiger partial charge >= 0.3 is 6.03 Å². The number of nitrogens with zero attached hydrogens (tertiary/aromatic N) is 3. The zero-order chi connectivity index (χ0) is 21.2. The van der Waals surface area contributed by atoms with Crippen molar-refractivity contribution in [3.63, 3.8) is 0 Å². The van der Waals surface area contributed by atoms with Gasteiger partial charge in [0.2, 0.25) is 0 Å². The van der Waals surface area contributed by atoms with Gasteiger partial charge in [0.1, 0.15) is 0 Å². The Kier molecular flexibility index (Phi) is 8.23. The van der Waals surface area contributed by atoms with E-state index in [1.54, 1.807) is 18.5 Å². The first-order chi connectivity index (χ1) is 14.6. The molecule has 2 N–H and O–H groups in total. The molecule has 7 heteroatoms. The molecule has 3 rings (SSSR count). The molecule has 1 aromatic heterocycles. The highest BCUT2D eigenvalue weighted by Crippen LogP contribution is 2.27. The number of aryl methyl sites for hydroxylation is 1. The molecular weight excluding hydrogens is 394 g/mol. The van der Waals surface area contributed by atoms with Gasteiger partial charge in [-0.15, -0.1) is 0 Å². The fraction of sp³-hybridized carbons (Fsp3) is 0.261. The number of anilines is 1. The second-order valence-electron chi connectivity index (χ2n) is 7.07. The molecule has 6 nitrogen and oxygen atoms in total. The number of hydrogen-bond acceptors (Lipinski definition) is 5. The van der Waals surface area contributed by atoms with Crippen LogP contribution in [-0.2, 0) is 6.54 Å². The third-order valence-corrected chi connectivity index (χ3v) is 5.38. The number of amides is 2. The maximum absolute atomic E-state index is 12.2. The summed E-state index contributed by atoms with van der Waals surface area (Å²) in [6.45, 7) is 4.43. The van der Waals surface area contributed by atoms with Gasteiger partial charge in [0.15, 0.2) is 5.16 Å². The molecule has 0 radical (unpaired) electrons. The molecule has 0 aliphatic carbocycles. The smallest absolute Gasteiger partial charge is 0.319 e. The maximum atomic E-state index is 12.2. The van der Waals surface area contributed by atoms with Gasteiger partial charge in [-0.1, -0.05) is 30.3 Å². The third-order valence-electron chi connectivity index (χ3n) is 4.49. The Bertz CT molecular complexity index is 937. The Morgan fingerprint density at radius 1 is 1.07 bits per heavy atom. The van der Waals surface area contributed by atoms with Crippen molar-refractivity contribution in [1.82, 2.24) is 20.2 Å². The zero-order valence-electron chi connectivity index (χ0n) is 17.3. The topological polar surface area (TPSA) is 70.1 Å². The van der Waals surface area contributed by atoms with Crippen LogP contribution in [0.3, 0.4) is 0 Å². The molecule has 0 unspecified atom stereocenters. The van der Waals surface area contributed by atoms with Gasteiger partial charge in [0.25, 0.3) is 0 Å². The largest absolute Gasteiger partial charge is 0.338 e. The summed E-state index contributed by atoms with van der Waals surface area (Å²) in [5, 5.41) is 6.56. The first-order valence-corrected chi connectivity index (χ1v) is 10.7. The van der Waals surface area contributed by atoms with Gasteiger partial charge in [-0.3, -0.25) is 0 Å². The Balaban J connectivity index is 1.39. The van der Waals surface area contributed by atoms with Crippen molar-refractivity contribution in [3.8, 4) is 0 Å². The van der Waals surface area contributed by atoms with Crippen LogP contribution in [0.4, 0.5) is 10.5 Å². The molecule has 3 aromatic rings. The van der Waals surface area contributed by atoms with E-state index in [0.29, 0.717) is 11.7 Å². The predicted molar refractivity (Wildman–Crippen MR) is 122 cm³/mol. The van der Waals surface area contributed by atoms with Crippen LogP contribution in [0, 0.1) is 6.92 Å². The molecule has 2 aromatic carbocycles. The van der Waals surface area contributed by atoms with Crippen LogP contribution in [0.25, 0.3) is 0 Å². The Morgan fingerprint density at radius 2 is 1.83 bits per heavy atom. The van der Waals surface area contributed by atoms with Gasteiger partial charge in [0.05, 0.1) is 0 Å². The molecule has 1 heterocycles. The van der Waals surface area contributed by atoms with Crippen molar-refractivity contribution >= 4 is 23.5 Å². The first-order valence-electron chi connectivity index (χ1n) is 9.93. The highest BCUT2D eigenvalue weighted by Gasteiger charge is 2.07. The minimum absolute atomic E-state index is 0.185. The number of urea groups is 1. The summed E-state index contributed by atoms with van der Waals surface area (Å²) in [6.07, 6.45) is 4.34. The van der Waals surface area contributed by atoms with Crippen molar-refractivity contribution in [2.75, 3.05) is 25.5 Å². The van der Waals surface area contributed by atoms with Crippen LogP contribution in [0.5, 0.6) is 0 Å². The molecule has 30 heavy (non-hydrogen) atoms. The summed E-state index contributed by atoms with van der Waals surface area (Å²) in [7, 11) is 2.09. The fourth-order valence-electron chi connectivity index (χ4n) is 2.97.